The van der Waals surface area contributed by atoms with Crippen LogP contribution in [0.2, 0.25) is 0 Å². The lowest BCUT2D eigenvalue weighted by molar-refractivity contribution is 0.0924. The fraction of sp³-hybridized carbons (Fsp3) is 0.267. The maximum absolute atomic E-state index is 10.5. The van der Waals surface area contributed by atoms with E-state index in [1.165, 1.54) is 0 Å². The molecule has 0 amide bonds. The molecule has 0 bridgehead atoms. The van der Waals surface area contributed by atoms with Crippen LogP contribution in [0.4, 0.5) is 0 Å². The summed E-state index contributed by atoms with van der Waals surface area (Å²) in [5.41, 5.74) is 1.59. The highest BCUT2D eigenvalue weighted by molar-refractivity contribution is 9.10. The van der Waals surface area contributed by atoms with E-state index in [0.717, 1.165) is 33.8 Å². The minimum Gasteiger partial charge on any atom is -0.495 e. The van der Waals surface area contributed by atoms with E-state index >= 15 is 0 Å². The summed E-state index contributed by atoms with van der Waals surface area (Å²) >= 11 is 3.51. The third kappa shape index (κ3) is 2.38. The molecule has 0 saturated carbocycles. The van der Waals surface area contributed by atoms with Crippen LogP contribution < -0.4 is 0 Å². The van der Waals surface area contributed by atoms with E-state index in [0.29, 0.717) is 12.4 Å². The molecule has 1 N–H and O–H groups in total. The van der Waals surface area contributed by atoms with Gasteiger partial charge in [0.1, 0.15) is 11.9 Å². The summed E-state index contributed by atoms with van der Waals surface area (Å²) in [6.07, 6.45) is 4.92. The first-order chi connectivity index (χ1) is 9.27. The summed E-state index contributed by atoms with van der Waals surface area (Å²) in [6.45, 7) is 0.671. The van der Waals surface area contributed by atoms with Crippen molar-refractivity contribution in [3.05, 3.63) is 52.3 Å². The smallest absolute Gasteiger partial charge is 0.138 e. The third-order valence-electron chi connectivity index (χ3n) is 3.27. The van der Waals surface area contributed by atoms with Gasteiger partial charge in [-0.25, -0.2) is 0 Å². The zero-order valence-electron chi connectivity index (χ0n) is 10.3. The van der Waals surface area contributed by atoms with Crippen molar-refractivity contribution in [2.24, 2.45) is 0 Å². The largest absolute Gasteiger partial charge is 0.495 e. The maximum atomic E-state index is 10.5. The number of aliphatic hydroxyl groups is 1. The summed E-state index contributed by atoms with van der Waals surface area (Å²) < 4.78 is 6.52. The number of nitrogens with zero attached hydrogens (tertiary/aromatic N) is 1. The first-order valence-corrected chi connectivity index (χ1v) is 7.11. The number of fused-ring (bicyclic) bond motifs is 1. The number of allylic oxidation sites excluding steroid dienone is 1. The number of aliphatic hydroxyl groups excluding tert-OH is 1. The second-order valence-electron chi connectivity index (χ2n) is 4.54. The van der Waals surface area contributed by atoms with Gasteiger partial charge in [0.05, 0.1) is 12.1 Å². The summed E-state index contributed by atoms with van der Waals surface area (Å²) in [6, 6.07) is 7.70. The van der Waals surface area contributed by atoms with E-state index in [2.05, 4.69) is 20.9 Å². The summed E-state index contributed by atoms with van der Waals surface area (Å²) in [7, 11) is 0. The number of hydrogen-bond donors (Lipinski definition) is 1. The molecule has 2 aromatic rings. The van der Waals surface area contributed by atoms with Gasteiger partial charge in [0.15, 0.2) is 0 Å². The zero-order valence-corrected chi connectivity index (χ0v) is 11.9. The number of ether oxygens (including phenoxy) is 1. The molecule has 1 aromatic carbocycles. The SMILES string of the molecule is OC(C1=CCCCO1)c1ccc(Br)c2cccnc12. The van der Waals surface area contributed by atoms with Crippen LogP contribution in [0.3, 0.4) is 0 Å². The molecule has 0 aliphatic carbocycles. The predicted octanol–water partition coefficient (Wildman–Crippen LogP) is 3.73. The molecular formula is C15H14BrNO2. The molecule has 0 saturated heterocycles. The van der Waals surface area contributed by atoms with Crippen molar-refractivity contribution >= 4 is 26.8 Å². The lowest BCUT2D eigenvalue weighted by Gasteiger charge is -2.21. The van der Waals surface area contributed by atoms with E-state index in [9.17, 15) is 5.11 Å². The van der Waals surface area contributed by atoms with E-state index in [1.807, 2.05) is 30.3 Å². The average molecular weight is 320 g/mol. The fourth-order valence-corrected chi connectivity index (χ4v) is 2.75. The van der Waals surface area contributed by atoms with Gasteiger partial charge in [-0.2, -0.15) is 0 Å². The van der Waals surface area contributed by atoms with Gasteiger partial charge in [-0.1, -0.05) is 28.1 Å². The highest BCUT2D eigenvalue weighted by Crippen LogP contribution is 2.33. The number of benzene rings is 1. The summed E-state index contributed by atoms with van der Waals surface area (Å²) in [5, 5.41) is 11.5. The number of halogens is 1. The molecule has 0 spiro atoms. The van der Waals surface area contributed by atoms with Gasteiger partial charge >= 0.3 is 0 Å². The Morgan fingerprint density at radius 1 is 1.32 bits per heavy atom. The van der Waals surface area contributed by atoms with E-state index in [-0.39, 0.29) is 0 Å². The summed E-state index contributed by atoms with van der Waals surface area (Å²) in [5.74, 6) is 0.639. The molecule has 4 heteroatoms. The van der Waals surface area contributed by atoms with Gasteiger partial charge in [-0.3, -0.25) is 4.98 Å². The molecule has 1 aromatic heterocycles. The Labute approximate surface area is 120 Å². The first-order valence-electron chi connectivity index (χ1n) is 6.31. The van der Waals surface area contributed by atoms with Gasteiger partial charge in [0, 0.05) is 21.6 Å². The topological polar surface area (TPSA) is 42.4 Å². The molecule has 3 nitrogen and oxygen atoms in total. The van der Waals surface area contributed by atoms with Gasteiger partial charge in [-0.05, 0) is 31.1 Å². The van der Waals surface area contributed by atoms with Crippen LogP contribution in [0.15, 0.2) is 46.8 Å². The zero-order chi connectivity index (χ0) is 13.2. The molecular weight excluding hydrogens is 306 g/mol. The molecule has 1 unspecified atom stereocenters. The third-order valence-corrected chi connectivity index (χ3v) is 3.97. The van der Waals surface area contributed by atoms with Crippen LogP contribution >= 0.6 is 15.9 Å². The van der Waals surface area contributed by atoms with Crippen LogP contribution in [0.1, 0.15) is 24.5 Å². The van der Waals surface area contributed by atoms with Crippen LogP contribution in [-0.4, -0.2) is 16.7 Å². The van der Waals surface area contributed by atoms with E-state index in [4.69, 9.17) is 4.74 Å². The van der Waals surface area contributed by atoms with Crippen LogP contribution in [0, 0.1) is 0 Å². The molecule has 3 rings (SSSR count). The Kier molecular flexibility index (Phi) is 3.53. The van der Waals surface area contributed by atoms with Crippen molar-refractivity contribution in [2.75, 3.05) is 6.61 Å². The van der Waals surface area contributed by atoms with Crippen LogP contribution in [-0.2, 0) is 4.74 Å². The van der Waals surface area contributed by atoms with Crippen LogP contribution in [0.25, 0.3) is 10.9 Å². The standard InChI is InChI=1S/C15H14BrNO2/c16-12-7-6-11(14-10(12)4-3-8-17-14)15(18)13-5-1-2-9-19-13/h3-8,15,18H,1-2,9H2. The highest BCUT2D eigenvalue weighted by Gasteiger charge is 2.20. The van der Waals surface area contributed by atoms with E-state index in [1.54, 1.807) is 6.20 Å². The first kappa shape index (κ1) is 12.6. The Bertz CT molecular complexity index is 639. The van der Waals surface area contributed by atoms with Crippen LogP contribution in [0.5, 0.6) is 0 Å². The normalized spacial score (nSPS) is 16.8. The number of hydrogen-bond acceptors (Lipinski definition) is 3. The highest BCUT2D eigenvalue weighted by atomic mass is 79.9. The fourth-order valence-electron chi connectivity index (χ4n) is 2.30. The molecule has 2 heterocycles. The monoisotopic (exact) mass is 319 g/mol. The van der Waals surface area contributed by atoms with Gasteiger partial charge in [-0.15, -0.1) is 0 Å². The minimum absolute atomic E-state index is 0.639. The molecule has 1 aliphatic heterocycles. The molecule has 0 fully saturated rings. The molecule has 0 radical (unpaired) electrons. The predicted molar refractivity (Wildman–Crippen MR) is 77.7 cm³/mol. The second-order valence-corrected chi connectivity index (χ2v) is 5.39. The molecule has 1 atom stereocenters. The minimum atomic E-state index is -0.745. The van der Waals surface area contributed by atoms with Gasteiger partial charge in [0.25, 0.3) is 0 Å². The van der Waals surface area contributed by atoms with Crippen molar-refractivity contribution in [1.82, 2.24) is 4.98 Å². The van der Waals surface area contributed by atoms with Crippen molar-refractivity contribution in [1.29, 1.82) is 0 Å². The van der Waals surface area contributed by atoms with Crippen molar-refractivity contribution in [3.8, 4) is 0 Å². The Morgan fingerprint density at radius 2 is 2.21 bits per heavy atom. The lowest BCUT2D eigenvalue weighted by atomic mass is 10.0. The molecule has 19 heavy (non-hydrogen) atoms. The number of pyridine rings is 1. The van der Waals surface area contributed by atoms with Gasteiger partial charge in [0.2, 0.25) is 0 Å². The second kappa shape index (κ2) is 5.31. The number of rotatable bonds is 2. The summed E-state index contributed by atoms with van der Waals surface area (Å²) in [4.78, 5) is 4.39. The maximum Gasteiger partial charge on any atom is 0.138 e. The Hall–Kier alpha value is -1.39. The lowest BCUT2D eigenvalue weighted by Crippen LogP contribution is -2.10. The molecule has 98 valence electrons. The quantitative estimate of drug-likeness (QED) is 0.917. The van der Waals surface area contributed by atoms with Crippen molar-refractivity contribution in [3.63, 3.8) is 0 Å². The Balaban J connectivity index is 2.10. The van der Waals surface area contributed by atoms with Crippen molar-refractivity contribution < 1.29 is 9.84 Å². The van der Waals surface area contributed by atoms with E-state index < -0.39 is 6.10 Å². The Morgan fingerprint density at radius 3 is 3.00 bits per heavy atom. The molecule has 1 aliphatic rings. The average Bonchev–Trinajstić information content (AvgIpc) is 2.48. The van der Waals surface area contributed by atoms with Gasteiger partial charge < -0.3 is 9.84 Å². The number of aromatic nitrogens is 1. The van der Waals surface area contributed by atoms with Crippen molar-refractivity contribution in [2.45, 2.75) is 18.9 Å².